The van der Waals surface area contributed by atoms with Gasteiger partial charge in [-0.05, 0) is 43.2 Å². The van der Waals surface area contributed by atoms with E-state index in [1.54, 1.807) is 6.08 Å². The van der Waals surface area contributed by atoms with Gasteiger partial charge in [-0.15, -0.1) is 0 Å². The quantitative estimate of drug-likeness (QED) is 0.800. The molecule has 3 heteroatoms. The summed E-state index contributed by atoms with van der Waals surface area (Å²) in [6, 6.07) is 15.4. The van der Waals surface area contributed by atoms with Crippen LogP contribution >= 0.6 is 0 Å². The second-order valence-electron chi connectivity index (χ2n) is 5.08. The first-order valence-electron chi connectivity index (χ1n) is 7.46. The van der Waals surface area contributed by atoms with E-state index >= 15 is 0 Å². The molecule has 0 radical (unpaired) electrons. The zero-order valence-corrected chi connectivity index (χ0v) is 13.0. The molecule has 114 valence electrons. The average molecular weight is 295 g/mol. The Morgan fingerprint density at radius 2 is 2.00 bits per heavy atom. The highest BCUT2D eigenvalue weighted by Gasteiger charge is 2.01. The van der Waals surface area contributed by atoms with Gasteiger partial charge in [0.15, 0.2) is 0 Å². The lowest BCUT2D eigenvalue weighted by Crippen LogP contribution is -2.07. The molecule has 0 saturated carbocycles. The van der Waals surface area contributed by atoms with E-state index in [0.29, 0.717) is 6.61 Å². The van der Waals surface area contributed by atoms with Crippen LogP contribution in [0.3, 0.4) is 0 Å². The summed E-state index contributed by atoms with van der Waals surface area (Å²) in [5.41, 5.74) is 2.81. The van der Waals surface area contributed by atoms with E-state index in [1.165, 1.54) is 6.08 Å². The number of rotatable bonds is 6. The number of nitrogens with one attached hydrogen (secondary N) is 1. The van der Waals surface area contributed by atoms with Crippen molar-refractivity contribution in [2.24, 2.45) is 0 Å². The van der Waals surface area contributed by atoms with E-state index < -0.39 is 0 Å². The topological polar surface area (TPSA) is 38.3 Å². The lowest BCUT2D eigenvalue weighted by Gasteiger charge is -2.07. The van der Waals surface area contributed by atoms with E-state index in [4.69, 9.17) is 4.74 Å². The molecule has 0 aliphatic heterocycles. The zero-order chi connectivity index (χ0) is 15.8. The Kier molecular flexibility index (Phi) is 5.78. The van der Waals surface area contributed by atoms with Crippen LogP contribution in [0.1, 0.15) is 24.5 Å². The van der Waals surface area contributed by atoms with E-state index in [9.17, 15) is 4.79 Å². The highest BCUT2D eigenvalue weighted by molar-refractivity contribution is 6.02. The Bertz CT molecular complexity index is 662. The van der Waals surface area contributed by atoms with E-state index in [2.05, 4.69) is 12.2 Å². The van der Waals surface area contributed by atoms with Gasteiger partial charge in [-0.2, -0.15) is 0 Å². The molecular formula is C19H21NO2. The maximum absolute atomic E-state index is 12.0. The van der Waals surface area contributed by atoms with Gasteiger partial charge in [0.1, 0.15) is 5.75 Å². The van der Waals surface area contributed by atoms with Gasteiger partial charge in [-0.3, -0.25) is 4.79 Å². The predicted molar refractivity (Wildman–Crippen MR) is 91.1 cm³/mol. The maximum Gasteiger partial charge on any atom is 0.248 e. The molecule has 1 N–H and O–H groups in total. The second kappa shape index (κ2) is 8.03. The van der Waals surface area contributed by atoms with Crippen molar-refractivity contribution in [1.82, 2.24) is 0 Å². The fraction of sp³-hybridized carbons (Fsp3) is 0.211. The minimum atomic E-state index is -0.157. The molecule has 0 atom stereocenters. The number of para-hydroxylation sites is 1. The summed E-state index contributed by atoms with van der Waals surface area (Å²) in [6.07, 6.45) is 4.25. The molecule has 0 aliphatic rings. The average Bonchev–Trinajstić information content (AvgIpc) is 2.51. The van der Waals surface area contributed by atoms with Gasteiger partial charge < -0.3 is 10.1 Å². The Morgan fingerprint density at radius 3 is 2.77 bits per heavy atom. The van der Waals surface area contributed by atoms with Crippen LogP contribution in [0.15, 0.2) is 54.6 Å². The van der Waals surface area contributed by atoms with Crippen molar-refractivity contribution in [3.8, 4) is 5.75 Å². The van der Waals surface area contributed by atoms with Gasteiger partial charge in [-0.1, -0.05) is 37.3 Å². The fourth-order valence-corrected chi connectivity index (χ4v) is 2.03. The highest BCUT2D eigenvalue weighted by atomic mass is 16.5. The highest BCUT2D eigenvalue weighted by Crippen LogP contribution is 2.19. The third kappa shape index (κ3) is 4.77. The molecule has 3 nitrogen and oxygen atoms in total. The summed E-state index contributed by atoms with van der Waals surface area (Å²) in [7, 11) is 0. The molecule has 0 aliphatic carbocycles. The summed E-state index contributed by atoms with van der Waals surface area (Å²) in [5, 5.41) is 2.85. The summed E-state index contributed by atoms with van der Waals surface area (Å²) >= 11 is 0. The van der Waals surface area contributed by atoms with Gasteiger partial charge in [0, 0.05) is 17.3 Å². The number of carbonyl (C=O) groups excluding carboxylic acids is 1. The maximum atomic E-state index is 12.0. The van der Waals surface area contributed by atoms with Crippen molar-refractivity contribution in [2.45, 2.75) is 20.3 Å². The molecule has 0 unspecified atom stereocenters. The number of anilines is 1. The van der Waals surface area contributed by atoms with Crippen molar-refractivity contribution < 1.29 is 9.53 Å². The van der Waals surface area contributed by atoms with Crippen molar-refractivity contribution in [1.29, 1.82) is 0 Å². The third-order valence-corrected chi connectivity index (χ3v) is 3.08. The number of carbonyl (C=O) groups is 1. The molecule has 0 bridgehead atoms. The lowest BCUT2D eigenvalue weighted by atomic mass is 10.2. The number of benzene rings is 2. The molecule has 0 aromatic heterocycles. The van der Waals surface area contributed by atoms with Crippen LogP contribution in [0.25, 0.3) is 6.08 Å². The summed E-state index contributed by atoms with van der Waals surface area (Å²) in [4.78, 5) is 12.0. The molecule has 1 amide bonds. The van der Waals surface area contributed by atoms with Crippen molar-refractivity contribution in [3.63, 3.8) is 0 Å². The lowest BCUT2D eigenvalue weighted by molar-refractivity contribution is -0.111. The molecule has 0 heterocycles. The van der Waals surface area contributed by atoms with Crippen LogP contribution in [0.2, 0.25) is 0 Å². The van der Waals surface area contributed by atoms with E-state index in [-0.39, 0.29) is 5.91 Å². The van der Waals surface area contributed by atoms with Gasteiger partial charge in [0.25, 0.3) is 0 Å². The first-order valence-corrected chi connectivity index (χ1v) is 7.46. The zero-order valence-electron chi connectivity index (χ0n) is 13.0. The first kappa shape index (κ1) is 15.8. The number of amides is 1. The summed E-state index contributed by atoms with van der Waals surface area (Å²) in [5.74, 6) is 0.639. The van der Waals surface area contributed by atoms with Crippen LogP contribution < -0.4 is 10.1 Å². The Balaban J connectivity index is 2.03. The number of hydrogen-bond acceptors (Lipinski definition) is 2. The third-order valence-electron chi connectivity index (χ3n) is 3.08. The van der Waals surface area contributed by atoms with Gasteiger partial charge in [0.05, 0.1) is 6.61 Å². The van der Waals surface area contributed by atoms with Crippen LogP contribution in [0, 0.1) is 6.92 Å². The summed E-state index contributed by atoms with van der Waals surface area (Å²) in [6.45, 7) is 4.72. The molecule has 0 spiro atoms. The number of hydrogen-bond donors (Lipinski definition) is 1. The van der Waals surface area contributed by atoms with Crippen LogP contribution in [0.4, 0.5) is 5.69 Å². The number of ether oxygens (including phenoxy) is 1. The first-order chi connectivity index (χ1) is 10.7. The van der Waals surface area contributed by atoms with Crippen LogP contribution in [-0.4, -0.2) is 12.5 Å². The molecule has 22 heavy (non-hydrogen) atoms. The van der Waals surface area contributed by atoms with Crippen molar-refractivity contribution in [3.05, 3.63) is 65.7 Å². The molecular weight excluding hydrogens is 274 g/mol. The van der Waals surface area contributed by atoms with Gasteiger partial charge in [-0.25, -0.2) is 0 Å². The molecule has 0 saturated heterocycles. The Labute approximate surface area is 131 Å². The normalized spacial score (nSPS) is 10.6. The molecule has 2 aromatic carbocycles. The Hall–Kier alpha value is -2.55. The fourth-order valence-electron chi connectivity index (χ4n) is 2.03. The van der Waals surface area contributed by atoms with Gasteiger partial charge >= 0.3 is 0 Å². The standard InChI is InChI=1S/C19H21NO2/c1-3-13-22-18-10-5-4-8-16(18)11-12-19(21)20-17-9-6-7-15(2)14-17/h4-12,14H,3,13H2,1-2H3,(H,20,21). The largest absolute Gasteiger partial charge is 0.493 e. The SMILES string of the molecule is CCCOc1ccccc1C=CC(=O)Nc1cccc(C)c1. The van der Waals surface area contributed by atoms with Crippen LogP contribution in [0.5, 0.6) is 5.75 Å². The molecule has 0 fully saturated rings. The number of aryl methyl sites for hydroxylation is 1. The van der Waals surface area contributed by atoms with Crippen LogP contribution in [-0.2, 0) is 4.79 Å². The molecule has 2 rings (SSSR count). The predicted octanol–water partition coefficient (Wildman–Crippen LogP) is 4.44. The summed E-state index contributed by atoms with van der Waals surface area (Å²) < 4.78 is 5.67. The second-order valence-corrected chi connectivity index (χ2v) is 5.08. The molecule has 2 aromatic rings. The van der Waals surface area contributed by atoms with Gasteiger partial charge in [0.2, 0.25) is 5.91 Å². The van der Waals surface area contributed by atoms with Crippen molar-refractivity contribution in [2.75, 3.05) is 11.9 Å². The Morgan fingerprint density at radius 1 is 1.18 bits per heavy atom. The van der Waals surface area contributed by atoms with E-state index in [0.717, 1.165) is 29.0 Å². The minimum absolute atomic E-state index is 0.157. The van der Waals surface area contributed by atoms with Crippen molar-refractivity contribution >= 4 is 17.7 Å². The smallest absolute Gasteiger partial charge is 0.248 e. The minimum Gasteiger partial charge on any atom is -0.493 e. The monoisotopic (exact) mass is 295 g/mol. The van der Waals surface area contributed by atoms with E-state index in [1.807, 2.05) is 55.5 Å².